The van der Waals surface area contributed by atoms with Crippen LogP contribution < -0.4 is 5.73 Å². The van der Waals surface area contributed by atoms with E-state index in [9.17, 15) is 0 Å². The molecule has 0 aliphatic carbocycles. The molecule has 3 aromatic rings. The number of benzene rings is 2. The van der Waals surface area contributed by atoms with Gasteiger partial charge in [0, 0.05) is 11.1 Å². The summed E-state index contributed by atoms with van der Waals surface area (Å²) in [5.74, 6) is 0. The standard InChI is InChI=1S/C17H14N2/c18-15-11-16(13-7-3-1-4-8-13)17(19-12-15)14-9-5-2-6-10-14/h1-12H,18H2. The maximum Gasteiger partial charge on any atom is 0.0781 e. The van der Waals surface area contributed by atoms with E-state index in [1.54, 1.807) is 6.20 Å². The van der Waals surface area contributed by atoms with E-state index in [0.717, 1.165) is 22.4 Å². The van der Waals surface area contributed by atoms with Crippen molar-refractivity contribution in [1.82, 2.24) is 4.98 Å². The van der Waals surface area contributed by atoms with Crippen LogP contribution in [-0.2, 0) is 0 Å². The molecule has 2 nitrogen and oxygen atoms in total. The average molecular weight is 246 g/mol. The number of nitrogens with zero attached hydrogens (tertiary/aromatic N) is 1. The molecule has 2 N–H and O–H groups in total. The number of anilines is 1. The zero-order valence-corrected chi connectivity index (χ0v) is 10.5. The molecule has 0 bridgehead atoms. The summed E-state index contributed by atoms with van der Waals surface area (Å²) in [5, 5.41) is 0. The van der Waals surface area contributed by atoms with Crippen molar-refractivity contribution in [2.24, 2.45) is 0 Å². The van der Waals surface area contributed by atoms with Gasteiger partial charge in [-0.2, -0.15) is 0 Å². The van der Waals surface area contributed by atoms with Crippen molar-refractivity contribution in [2.75, 3.05) is 5.73 Å². The van der Waals surface area contributed by atoms with Gasteiger partial charge in [-0.15, -0.1) is 0 Å². The van der Waals surface area contributed by atoms with E-state index < -0.39 is 0 Å². The Morgan fingerprint density at radius 2 is 1.32 bits per heavy atom. The Labute approximate surface area is 112 Å². The predicted molar refractivity (Wildman–Crippen MR) is 79.5 cm³/mol. The molecule has 0 unspecified atom stereocenters. The molecule has 0 aliphatic heterocycles. The Kier molecular flexibility index (Phi) is 2.99. The first-order chi connectivity index (χ1) is 9.34. The molecule has 0 saturated carbocycles. The molecular weight excluding hydrogens is 232 g/mol. The monoisotopic (exact) mass is 246 g/mol. The van der Waals surface area contributed by atoms with E-state index in [1.165, 1.54) is 0 Å². The first kappa shape index (κ1) is 11.5. The highest BCUT2D eigenvalue weighted by Crippen LogP contribution is 2.31. The van der Waals surface area contributed by atoms with Crippen LogP contribution in [0.25, 0.3) is 22.4 Å². The van der Waals surface area contributed by atoms with E-state index in [4.69, 9.17) is 5.73 Å². The van der Waals surface area contributed by atoms with Crippen LogP contribution in [0, 0.1) is 0 Å². The summed E-state index contributed by atoms with van der Waals surface area (Å²) < 4.78 is 0. The number of rotatable bonds is 2. The van der Waals surface area contributed by atoms with Crippen molar-refractivity contribution in [3.63, 3.8) is 0 Å². The second-order valence-electron chi connectivity index (χ2n) is 4.40. The molecule has 0 fully saturated rings. The largest absolute Gasteiger partial charge is 0.397 e. The van der Waals surface area contributed by atoms with Gasteiger partial charge >= 0.3 is 0 Å². The highest BCUT2D eigenvalue weighted by Gasteiger charge is 2.08. The van der Waals surface area contributed by atoms with Gasteiger partial charge in [0.15, 0.2) is 0 Å². The minimum atomic E-state index is 0.679. The quantitative estimate of drug-likeness (QED) is 0.742. The first-order valence-electron chi connectivity index (χ1n) is 6.21. The average Bonchev–Trinajstić information content (AvgIpc) is 2.49. The number of hydrogen-bond donors (Lipinski definition) is 1. The summed E-state index contributed by atoms with van der Waals surface area (Å²) in [4.78, 5) is 4.50. The Hall–Kier alpha value is -2.61. The van der Waals surface area contributed by atoms with Crippen LogP contribution in [0.15, 0.2) is 72.9 Å². The van der Waals surface area contributed by atoms with Crippen LogP contribution in [0.1, 0.15) is 0 Å². The van der Waals surface area contributed by atoms with Gasteiger partial charge in [-0.05, 0) is 11.6 Å². The third-order valence-corrected chi connectivity index (χ3v) is 3.04. The van der Waals surface area contributed by atoms with Crippen LogP contribution in [0.4, 0.5) is 5.69 Å². The molecule has 19 heavy (non-hydrogen) atoms. The maximum absolute atomic E-state index is 5.88. The molecule has 2 heteroatoms. The van der Waals surface area contributed by atoms with Crippen LogP contribution >= 0.6 is 0 Å². The Morgan fingerprint density at radius 3 is 1.95 bits per heavy atom. The van der Waals surface area contributed by atoms with Gasteiger partial charge in [0.2, 0.25) is 0 Å². The summed E-state index contributed by atoms with van der Waals surface area (Å²) >= 11 is 0. The zero-order valence-electron chi connectivity index (χ0n) is 10.5. The molecule has 92 valence electrons. The SMILES string of the molecule is Nc1cnc(-c2ccccc2)c(-c2ccccc2)c1. The molecule has 0 radical (unpaired) electrons. The molecule has 3 rings (SSSR count). The Bertz CT molecular complexity index is 676. The first-order valence-corrected chi connectivity index (χ1v) is 6.21. The second kappa shape index (κ2) is 4.94. The molecule has 2 aromatic carbocycles. The lowest BCUT2D eigenvalue weighted by Gasteiger charge is -2.10. The van der Waals surface area contributed by atoms with E-state index >= 15 is 0 Å². The van der Waals surface area contributed by atoms with Crippen molar-refractivity contribution in [2.45, 2.75) is 0 Å². The molecule has 0 atom stereocenters. The molecule has 0 spiro atoms. The zero-order chi connectivity index (χ0) is 13.1. The predicted octanol–water partition coefficient (Wildman–Crippen LogP) is 4.00. The van der Waals surface area contributed by atoms with Crippen LogP contribution in [0.5, 0.6) is 0 Å². The maximum atomic E-state index is 5.88. The lowest BCUT2D eigenvalue weighted by Crippen LogP contribution is -1.93. The molecule has 1 heterocycles. The van der Waals surface area contributed by atoms with Crippen molar-refractivity contribution in [3.8, 4) is 22.4 Å². The number of nitrogen functional groups attached to an aromatic ring is 1. The molecule has 0 saturated heterocycles. The van der Waals surface area contributed by atoms with Crippen molar-refractivity contribution in [3.05, 3.63) is 72.9 Å². The fraction of sp³-hybridized carbons (Fsp3) is 0. The second-order valence-corrected chi connectivity index (χ2v) is 4.40. The van der Waals surface area contributed by atoms with Gasteiger partial charge in [-0.25, -0.2) is 0 Å². The highest BCUT2D eigenvalue weighted by molar-refractivity contribution is 5.82. The van der Waals surface area contributed by atoms with Crippen LogP contribution in [0.3, 0.4) is 0 Å². The summed E-state index contributed by atoms with van der Waals surface area (Å²) in [7, 11) is 0. The summed E-state index contributed by atoms with van der Waals surface area (Å²) in [6.07, 6.45) is 1.70. The van der Waals surface area contributed by atoms with E-state index in [0.29, 0.717) is 5.69 Å². The minimum absolute atomic E-state index is 0.679. The van der Waals surface area contributed by atoms with Crippen molar-refractivity contribution in [1.29, 1.82) is 0 Å². The Balaban J connectivity index is 2.21. The van der Waals surface area contributed by atoms with Gasteiger partial charge < -0.3 is 5.73 Å². The molecule has 0 aliphatic rings. The summed E-state index contributed by atoms with van der Waals surface area (Å²) in [6, 6.07) is 22.3. The van der Waals surface area contributed by atoms with Crippen molar-refractivity contribution < 1.29 is 0 Å². The lowest BCUT2D eigenvalue weighted by atomic mass is 9.99. The summed E-state index contributed by atoms with van der Waals surface area (Å²) in [6.45, 7) is 0. The van der Waals surface area contributed by atoms with Crippen molar-refractivity contribution >= 4 is 5.69 Å². The lowest BCUT2D eigenvalue weighted by molar-refractivity contribution is 1.33. The third-order valence-electron chi connectivity index (χ3n) is 3.04. The smallest absolute Gasteiger partial charge is 0.0781 e. The Morgan fingerprint density at radius 1 is 0.737 bits per heavy atom. The van der Waals surface area contributed by atoms with Gasteiger partial charge in [0.05, 0.1) is 17.6 Å². The number of aromatic nitrogens is 1. The summed E-state index contributed by atoms with van der Waals surface area (Å²) in [5.41, 5.74) is 10.8. The van der Waals surface area contributed by atoms with Gasteiger partial charge in [0.1, 0.15) is 0 Å². The molecule has 0 amide bonds. The highest BCUT2D eigenvalue weighted by atomic mass is 14.7. The van der Waals surface area contributed by atoms with E-state index in [2.05, 4.69) is 29.2 Å². The van der Waals surface area contributed by atoms with Gasteiger partial charge in [-0.3, -0.25) is 4.98 Å². The van der Waals surface area contributed by atoms with Gasteiger partial charge in [0.25, 0.3) is 0 Å². The minimum Gasteiger partial charge on any atom is -0.397 e. The van der Waals surface area contributed by atoms with E-state index in [1.807, 2.05) is 42.5 Å². The number of pyridine rings is 1. The fourth-order valence-corrected chi connectivity index (χ4v) is 2.14. The third kappa shape index (κ3) is 2.33. The number of nitrogens with two attached hydrogens (primary N) is 1. The van der Waals surface area contributed by atoms with Crippen LogP contribution in [0.2, 0.25) is 0 Å². The van der Waals surface area contributed by atoms with Crippen LogP contribution in [-0.4, -0.2) is 4.98 Å². The fourth-order valence-electron chi connectivity index (χ4n) is 2.14. The normalized spacial score (nSPS) is 10.3. The number of hydrogen-bond acceptors (Lipinski definition) is 2. The topological polar surface area (TPSA) is 38.9 Å². The molecule has 1 aromatic heterocycles. The van der Waals surface area contributed by atoms with E-state index in [-0.39, 0.29) is 0 Å². The molecular formula is C17H14N2. The van der Waals surface area contributed by atoms with Gasteiger partial charge in [-0.1, -0.05) is 60.7 Å².